The summed E-state index contributed by atoms with van der Waals surface area (Å²) in [5.41, 5.74) is 0. The topological polar surface area (TPSA) is 52.6 Å². The number of unbranched alkanes of at least 4 members (excludes halogenated alkanes) is 1. The third-order valence-electron chi connectivity index (χ3n) is 2.32. The van der Waals surface area contributed by atoms with Crippen molar-refractivity contribution in [3.05, 3.63) is 0 Å². The molecule has 0 heterocycles. The molecule has 0 saturated heterocycles. The number of nitrogens with one attached hydrogen (secondary N) is 1. The maximum atomic E-state index is 11.7. The summed E-state index contributed by atoms with van der Waals surface area (Å²) in [6.45, 7) is 4.27. The van der Waals surface area contributed by atoms with Crippen LogP contribution in [0, 0.1) is 0 Å². The molecule has 0 aliphatic heterocycles. The van der Waals surface area contributed by atoms with E-state index in [2.05, 4.69) is 12.2 Å². The highest BCUT2D eigenvalue weighted by Crippen LogP contribution is 2.00. The van der Waals surface area contributed by atoms with Crippen LogP contribution in [-0.4, -0.2) is 49.2 Å². The monoisotopic (exact) mass is 216 g/mol. The number of rotatable bonds is 9. The molecule has 0 aliphatic rings. The minimum atomic E-state index is 0.0570. The average Bonchev–Trinajstić information content (AvgIpc) is 2.24. The first-order valence-corrected chi connectivity index (χ1v) is 5.79. The van der Waals surface area contributed by atoms with Gasteiger partial charge in [-0.25, -0.2) is 0 Å². The molecule has 15 heavy (non-hydrogen) atoms. The van der Waals surface area contributed by atoms with Crippen molar-refractivity contribution in [1.82, 2.24) is 10.2 Å². The van der Waals surface area contributed by atoms with Gasteiger partial charge in [-0.3, -0.25) is 4.79 Å². The van der Waals surface area contributed by atoms with Crippen LogP contribution in [-0.2, 0) is 4.79 Å². The summed E-state index contributed by atoms with van der Waals surface area (Å²) in [6, 6.07) is 0. The van der Waals surface area contributed by atoms with Crippen molar-refractivity contribution in [2.24, 2.45) is 0 Å². The highest BCUT2D eigenvalue weighted by atomic mass is 16.3. The van der Waals surface area contributed by atoms with Gasteiger partial charge in [0.15, 0.2) is 0 Å². The summed E-state index contributed by atoms with van der Waals surface area (Å²) in [4.78, 5) is 13.5. The van der Waals surface area contributed by atoms with Gasteiger partial charge in [-0.15, -0.1) is 0 Å². The fourth-order valence-corrected chi connectivity index (χ4v) is 1.41. The number of carbonyl (C=O) groups is 1. The lowest BCUT2D eigenvalue weighted by Crippen LogP contribution is -2.34. The Bertz CT molecular complexity index is 163. The SMILES string of the molecule is CCCCN(CCO)C(=O)CCCNC. The number of aliphatic hydroxyl groups is 1. The van der Waals surface area contributed by atoms with Crippen LogP contribution < -0.4 is 5.32 Å². The van der Waals surface area contributed by atoms with Gasteiger partial charge in [-0.2, -0.15) is 0 Å². The largest absolute Gasteiger partial charge is 0.395 e. The van der Waals surface area contributed by atoms with E-state index in [1.807, 2.05) is 7.05 Å². The van der Waals surface area contributed by atoms with Gasteiger partial charge in [0.1, 0.15) is 0 Å². The molecule has 0 aliphatic carbocycles. The Morgan fingerprint density at radius 1 is 1.33 bits per heavy atom. The van der Waals surface area contributed by atoms with E-state index in [4.69, 9.17) is 5.11 Å². The second-order valence-corrected chi connectivity index (χ2v) is 3.67. The third kappa shape index (κ3) is 7.33. The maximum absolute atomic E-state index is 11.7. The summed E-state index contributed by atoms with van der Waals surface area (Å²) >= 11 is 0. The summed E-state index contributed by atoms with van der Waals surface area (Å²) in [7, 11) is 1.88. The van der Waals surface area contributed by atoms with Crippen molar-refractivity contribution < 1.29 is 9.90 Å². The Labute approximate surface area is 92.7 Å². The molecular weight excluding hydrogens is 192 g/mol. The lowest BCUT2D eigenvalue weighted by Gasteiger charge is -2.21. The van der Waals surface area contributed by atoms with E-state index in [9.17, 15) is 4.79 Å². The smallest absolute Gasteiger partial charge is 0.222 e. The van der Waals surface area contributed by atoms with Crippen LogP contribution in [0.4, 0.5) is 0 Å². The highest BCUT2D eigenvalue weighted by molar-refractivity contribution is 5.76. The lowest BCUT2D eigenvalue weighted by atomic mass is 10.2. The molecule has 1 amide bonds. The third-order valence-corrected chi connectivity index (χ3v) is 2.32. The molecule has 0 radical (unpaired) electrons. The zero-order chi connectivity index (χ0) is 11.5. The first-order chi connectivity index (χ1) is 7.26. The Hall–Kier alpha value is -0.610. The molecule has 4 nitrogen and oxygen atoms in total. The molecule has 90 valence electrons. The number of carbonyl (C=O) groups excluding carboxylic acids is 1. The van der Waals surface area contributed by atoms with E-state index in [0.717, 1.165) is 32.4 Å². The van der Waals surface area contributed by atoms with Gasteiger partial charge in [0.05, 0.1) is 6.61 Å². The van der Waals surface area contributed by atoms with E-state index < -0.39 is 0 Å². The van der Waals surface area contributed by atoms with Crippen molar-refractivity contribution in [1.29, 1.82) is 0 Å². The van der Waals surface area contributed by atoms with Crippen molar-refractivity contribution in [3.63, 3.8) is 0 Å². The summed E-state index contributed by atoms with van der Waals surface area (Å²) < 4.78 is 0. The Balaban J connectivity index is 3.81. The van der Waals surface area contributed by atoms with Gasteiger partial charge in [-0.1, -0.05) is 13.3 Å². The average molecular weight is 216 g/mol. The molecule has 0 aromatic rings. The quantitative estimate of drug-likeness (QED) is 0.555. The zero-order valence-electron chi connectivity index (χ0n) is 9.96. The molecule has 0 aromatic heterocycles. The second kappa shape index (κ2) is 9.93. The molecule has 0 aromatic carbocycles. The normalized spacial score (nSPS) is 10.3. The van der Waals surface area contributed by atoms with E-state index in [1.165, 1.54) is 0 Å². The summed E-state index contributed by atoms with van der Waals surface area (Å²) in [5.74, 6) is 0.160. The Morgan fingerprint density at radius 2 is 2.07 bits per heavy atom. The summed E-state index contributed by atoms with van der Waals surface area (Å²) in [5, 5.41) is 11.9. The van der Waals surface area contributed by atoms with Gasteiger partial charge < -0.3 is 15.3 Å². The Morgan fingerprint density at radius 3 is 2.60 bits per heavy atom. The van der Waals surface area contributed by atoms with Crippen molar-refractivity contribution in [3.8, 4) is 0 Å². The van der Waals surface area contributed by atoms with E-state index in [-0.39, 0.29) is 12.5 Å². The molecule has 2 N–H and O–H groups in total. The number of nitrogens with zero attached hydrogens (tertiary/aromatic N) is 1. The summed E-state index contributed by atoms with van der Waals surface area (Å²) in [6.07, 6.45) is 3.53. The van der Waals surface area contributed by atoms with Crippen LogP contribution >= 0.6 is 0 Å². The van der Waals surface area contributed by atoms with Crippen LogP contribution in [0.2, 0.25) is 0 Å². The molecule has 4 heteroatoms. The van der Waals surface area contributed by atoms with E-state index >= 15 is 0 Å². The number of amides is 1. The molecular formula is C11H24N2O2. The standard InChI is InChI=1S/C11H24N2O2/c1-3-4-8-13(9-10-14)11(15)6-5-7-12-2/h12,14H,3-10H2,1-2H3. The first kappa shape index (κ1) is 14.4. The predicted octanol–water partition coefficient (Wildman–Crippen LogP) is 0.607. The number of hydrogen-bond acceptors (Lipinski definition) is 3. The lowest BCUT2D eigenvalue weighted by molar-refractivity contribution is -0.131. The van der Waals surface area contributed by atoms with Crippen LogP contribution in [0.3, 0.4) is 0 Å². The van der Waals surface area contributed by atoms with Gasteiger partial charge in [0.2, 0.25) is 5.91 Å². The maximum Gasteiger partial charge on any atom is 0.222 e. The zero-order valence-corrected chi connectivity index (χ0v) is 9.96. The minimum Gasteiger partial charge on any atom is -0.395 e. The van der Waals surface area contributed by atoms with E-state index in [1.54, 1.807) is 4.90 Å². The van der Waals surface area contributed by atoms with Crippen molar-refractivity contribution >= 4 is 5.91 Å². The highest BCUT2D eigenvalue weighted by Gasteiger charge is 2.11. The van der Waals surface area contributed by atoms with Crippen molar-refractivity contribution in [2.75, 3.05) is 33.3 Å². The Kier molecular flexibility index (Phi) is 9.52. The van der Waals surface area contributed by atoms with Crippen molar-refractivity contribution in [2.45, 2.75) is 32.6 Å². The minimum absolute atomic E-state index is 0.0570. The molecule has 0 spiro atoms. The first-order valence-electron chi connectivity index (χ1n) is 5.79. The van der Waals surface area contributed by atoms with Gasteiger partial charge in [-0.05, 0) is 26.4 Å². The molecule has 0 atom stereocenters. The van der Waals surface area contributed by atoms with Gasteiger partial charge in [0, 0.05) is 19.5 Å². The molecule has 0 bridgehead atoms. The predicted molar refractivity (Wildman–Crippen MR) is 61.7 cm³/mol. The van der Waals surface area contributed by atoms with Crippen LogP contribution in [0.1, 0.15) is 32.6 Å². The number of aliphatic hydroxyl groups excluding tert-OH is 1. The second-order valence-electron chi connectivity index (χ2n) is 3.67. The number of hydrogen-bond donors (Lipinski definition) is 2. The van der Waals surface area contributed by atoms with Crippen LogP contribution in [0.5, 0.6) is 0 Å². The fourth-order valence-electron chi connectivity index (χ4n) is 1.41. The van der Waals surface area contributed by atoms with Gasteiger partial charge >= 0.3 is 0 Å². The molecule has 0 saturated carbocycles. The van der Waals surface area contributed by atoms with E-state index in [0.29, 0.717) is 13.0 Å². The molecule has 0 unspecified atom stereocenters. The van der Waals surface area contributed by atoms with Gasteiger partial charge in [0.25, 0.3) is 0 Å². The van der Waals surface area contributed by atoms with Crippen LogP contribution in [0.15, 0.2) is 0 Å². The van der Waals surface area contributed by atoms with Crippen LogP contribution in [0.25, 0.3) is 0 Å². The molecule has 0 rings (SSSR count). The fraction of sp³-hybridized carbons (Fsp3) is 0.909. The molecule has 0 fully saturated rings.